The Balaban J connectivity index is 0.00000200. The molecule has 0 saturated carbocycles. The second-order valence-corrected chi connectivity index (χ2v) is 6.68. The number of para-hydroxylation sites is 1. The van der Waals surface area contributed by atoms with E-state index in [-0.39, 0.29) is 28.4 Å². The van der Waals surface area contributed by atoms with E-state index in [0.29, 0.717) is 0 Å². The van der Waals surface area contributed by atoms with Gasteiger partial charge in [0.2, 0.25) is 0 Å². The molecule has 0 heterocycles. The molecule has 0 atom stereocenters. The summed E-state index contributed by atoms with van der Waals surface area (Å²) in [6.45, 7) is 9.12. The van der Waals surface area contributed by atoms with E-state index >= 15 is 0 Å². The van der Waals surface area contributed by atoms with E-state index in [1.54, 1.807) is 12.7 Å². The van der Waals surface area contributed by atoms with Crippen molar-refractivity contribution in [1.29, 1.82) is 0 Å². The average Bonchev–Trinajstić information content (AvgIpc) is 2.64. The SMILES string of the molecule is COc1ccccc1-[c-]1c(C)c(C)c(C)c1C[SiH2]C.[Li+]. The molecular weight excluding hydrogens is 255 g/mol. The van der Waals surface area contributed by atoms with E-state index in [2.05, 4.69) is 45.5 Å². The Bertz CT molecular complexity index is 587. The van der Waals surface area contributed by atoms with E-state index in [1.807, 2.05) is 6.07 Å². The van der Waals surface area contributed by atoms with E-state index in [4.69, 9.17) is 4.74 Å². The van der Waals surface area contributed by atoms with Crippen LogP contribution in [0, 0.1) is 20.8 Å². The van der Waals surface area contributed by atoms with Crippen molar-refractivity contribution >= 4 is 9.52 Å². The number of hydrogen-bond acceptors (Lipinski definition) is 1. The fourth-order valence-corrected chi connectivity index (χ4v) is 4.01. The Labute approximate surface area is 137 Å². The Morgan fingerprint density at radius 1 is 1.10 bits per heavy atom. The molecule has 0 radical (unpaired) electrons. The van der Waals surface area contributed by atoms with Crippen molar-refractivity contribution in [2.24, 2.45) is 0 Å². The third kappa shape index (κ3) is 2.93. The quantitative estimate of drug-likeness (QED) is 0.592. The second-order valence-electron chi connectivity index (χ2n) is 5.18. The van der Waals surface area contributed by atoms with Gasteiger partial charge in [0.1, 0.15) is 0 Å². The van der Waals surface area contributed by atoms with Crippen LogP contribution in [-0.4, -0.2) is 16.6 Å². The van der Waals surface area contributed by atoms with Gasteiger partial charge in [-0.1, -0.05) is 62.7 Å². The monoisotopic (exact) mass is 278 g/mol. The summed E-state index contributed by atoms with van der Waals surface area (Å²) < 4.78 is 5.55. The summed E-state index contributed by atoms with van der Waals surface area (Å²) in [6, 6.07) is 9.64. The van der Waals surface area contributed by atoms with Crippen LogP contribution in [-0.2, 0) is 6.04 Å². The van der Waals surface area contributed by atoms with Gasteiger partial charge in [-0.25, -0.2) is 0 Å². The molecule has 0 unspecified atom stereocenters. The van der Waals surface area contributed by atoms with Gasteiger partial charge in [-0.2, -0.15) is 0 Å². The zero-order valence-electron chi connectivity index (χ0n) is 13.6. The fourth-order valence-electron chi connectivity index (χ4n) is 2.89. The van der Waals surface area contributed by atoms with Gasteiger partial charge in [0.25, 0.3) is 0 Å². The minimum atomic E-state index is 0. The molecular formula is C17H23LiOSi. The molecule has 0 bridgehead atoms. The molecule has 0 saturated heterocycles. The molecule has 0 aliphatic heterocycles. The largest absolute Gasteiger partial charge is 1.00 e. The summed E-state index contributed by atoms with van der Waals surface area (Å²) in [5.41, 5.74) is 8.55. The van der Waals surface area contributed by atoms with Gasteiger partial charge in [0.05, 0.1) is 12.9 Å². The van der Waals surface area contributed by atoms with Gasteiger partial charge < -0.3 is 4.74 Å². The number of benzene rings is 1. The average molecular weight is 278 g/mol. The van der Waals surface area contributed by atoms with Crippen LogP contribution in [0.4, 0.5) is 0 Å². The van der Waals surface area contributed by atoms with Crippen LogP contribution >= 0.6 is 0 Å². The molecule has 1 nitrogen and oxygen atoms in total. The van der Waals surface area contributed by atoms with E-state index in [1.165, 1.54) is 33.9 Å². The van der Waals surface area contributed by atoms with Crippen LogP contribution in [0.5, 0.6) is 5.75 Å². The van der Waals surface area contributed by atoms with E-state index in [0.717, 1.165) is 5.75 Å². The van der Waals surface area contributed by atoms with Crippen molar-refractivity contribution in [3.05, 3.63) is 46.5 Å². The molecule has 2 rings (SSSR count). The summed E-state index contributed by atoms with van der Waals surface area (Å²) in [7, 11) is 1.76. The molecule has 0 fully saturated rings. The van der Waals surface area contributed by atoms with Crippen LogP contribution in [0.1, 0.15) is 22.3 Å². The summed E-state index contributed by atoms with van der Waals surface area (Å²) in [6.07, 6.45) is 0. The van der Waals surface area contributed by atoms with Crippen molar-refractivity contribution in [2.75, 3.05) is 7.11 Å². The summed E-state index contributed by atoms with van der Waals surface area (Å²) >= 11 is 0. The van der Waals surface area contributed by atoms with Crippen molar-refractivity contribution in [3.63, 3.8) is 0 Å². The molecule has 2 aromatic rings. The third-order valence-corrected chi connectivity index (χ3v) is 5.13. The normalized spacial score (nSPS) is 10.8. The third-order valence-electron chi connectivity index (χ3n) is 4.13. The maximum Gasteiger partial charge on any atom is 1.00 e. The first kappa shape index (κ1) is 17.2. The van der Waals surface area contributed by atoms with Gasteiger partial charge in [0.15, 0.2) is 0 Å². The van der Waals surface area contributed by atoms with Crippen LogP contribution < -0.4 is 23.6 Å². The van der Waals surface area contributed by atoms with Crippen molar-refractivity contribution in [1.82, 2.24) is 0 Å². The first-order valence-corrected chi connectivity index (χ1v) is 9.41. The van der Waals surface area contributed by atoms with Crippen molar-refractivity contribution < 1.29 is 23.6 Å². The number of hydrogen-bond donors (Lipinski definition) is 0. The smallest absolute Gasteiger partial charge is 0.531 e. The maximum absolute atomic E-state index is 5.55. The van der Waals surface area contributed by atoms with Gasteiger partial charge >= 0.3 is 18.9 Å². The van der Waals surface area contributed by atoms with Crippen LogP contribution in [0.25, 0.3) is 11.1 Å². The van der Waals surface area contributed by atoms with E-state index in [9.17, 15) is 0 Å². The predicted octanol–water partition coefficient (Wildman–Crippen LogP) is 0.727. The minimum Gasteiger partial charge on any atom is -0.531 e. The first-order valence-electron chi connectivity index (χ1n) is 7.00. The molecule has 0 aliphatic rings. The van der Waals surface area contributed by atoms with Crippen LogP contribution in [0.15, 0.2) is 24.3 Å². The zero-order chi connectivity index (χ0) is 14.0. The van der Waals surface area contributed by atoms with Gasteiger partial charge in [-0.15, -0.1) is 28.3 Å². The number of methoxy groups -OCH3 is 1. The molecule has 0 N–H and O–H groups in total. The van der Waals surface area contributed by atoms with Gasteiger partial charge in [0, 0.05) is 9.52 Å². The van der Waals surface area contributed by atoms with Crippen LogP contribution in [0.3, 0.4) is 0 Å². The molecule has 0 amide bonds. The zero-order valence-corrected chi connectivity index (χ0v) is 15.0. The predicted molar refractivity (Wildman–Crippen MR) is 86.3 cm³/mol. The summed E-state index contributed by atoms with van der Waals surface area (Å²) in [4.78, 5) is 0. The van der Waals surface area contributed by atoms with Gasteiger partial charge in [-0.05, 0) is 0 Å². The Morgan fingerprint density at radius 3 is 2.35 bits per heavy atom. The summed E-state index contributed by atoms with van der Waals surface area (Å²) in [5.74, 6) is 0.981. The Kier molecular flexibility index (Phi) is 6.26. The van der Waals surface area contributed by atoms with Crippen LogP contribution in [0.2, 0.25) is 6.55 Å². The maximum atomic E-state index is 5.55. The minimum absolute atomic E-state index is 0. The van der Waals surface area contributed by atoms with Gasteiger partial charge in [-0.3, -0.25) is 0 Å². The Morgan fingerprint density at radius 2 is 1.75 bits per heavy atom. The molecule has 20 heavy (non-hydrogen) atoms. The molecule has 0 aromatic heterocycles. The van der Waals surface area contributed by atoms with Crippen molar-refractivity contribution in [2.45, 2.75) is 33.4 Å². The standard InChI is InChI=1S/C17H23OSi.Li/c1-11-12(2)15(10-19-5)17(13(11)3)14-8-6-7-9-16(14)18-4;/h6-9H,10,19H2,1-5H3;/q-1;+1. The molecule has 3 heteroatoms. The van der Waals surface area contributed by atoms with E-state index < -0.39 is 0 Å². The summed E-state index contributed by atoms with van der Waals surface area (Å²) in [5, 5.41) is 0. The fraction of sp³-hybridized carbons (Fsp3) is 0.353. The second kappa shape index (κ2) is 7.27. The molecule has 2 aromatic carbocycles. The first-order chi connectivity index (χ1) is 9.11. The molecule has 0 spiro atoms. The number of rotatable bonds is 4. The topological polar surface area (TPSA) is 9.23 Å². The molecule has 0 aliphatic carbocycles. The Hall–Kier alpha value is -0.816. The molecule has 102 valence electrons. The number of ether oxygens (including phenoxy) is 1. The van der Waals surface area contributed by atoms with Crippen molar-refractivity contribution in [3.8, 4) is 16.9 Å².